The van der Waals surface area contributed by atoms with Gasteiger partial charge in [0, 0.05) is 23.9 Å². The van der Waals surface area contributed by atoms with Gasteiger partial charge in [0.2, 0.25) is 0 Å². The second kappa shape index (κ2) is 7.14. The van der Waals surface area contributed by atoms with Gasteiger partial charge in [0.25, 0.3) is 0 Å². The largest absolute Gasteiger partial charge is 0.369 e. The van der Waals surface area contributed by atoms with Gasteiger partial charge in [-0.15, -0.1) is 0 Å². The van der Waals surface area contributed by atoms with Crippen LogP contribution in [0.25, 0.3) is 21.9 Å². The average molecular weight is 345 g/mol. The molecular formula is C21H23N5. The highest BCUT2D eigenvalue weighted by atomic mass is 15.1. The number of nitrogens with two attached hydrogens (primary N) is 1. The first-order chi connectivity index (χ1) is 12.7. The molecule has 2 heterocycles. The Labute approximate surface area is 152 Å². The monoisotopic (exact) mass is 345 g/mol. The molecule has 0 aliphatic heterocycles. The lowest BCUT2D eigenvalue weighted by Gasteiger charge is -2.09. The predicted octanol–water partition coefficient (Wildman–Crippen LogP) is 3.77. The third-order valence-electron chi connectivity index (χ3n) is 4.53. The third-order valence-corrected chi connectivity index (χ3v) is 4.53. The summed E-state index contributed by atoms with van der Waals surface area (Å²) in [6, 6.07) is 16.7. The molecule has 2 aromatic heterocycles. The van der Waals surface area contributed by atoms with Crippen molar-refractivity contribution in [1.29, 1.82) is 0 Å². The number of hydrogen-bond donors (Lipinski definition) is 3. The first kappa shape index (κ1) is 16.5. The van der Waals surface area contributed by atoms with Crippen molar-refractivity contribution in [2.45, 2.75) is 19.8 Å². The van der Waals surface area contributed by atoms with Gasteiger partial charge in [-0.05, 0) is 37.1 Å². The molecule has 4 N–H and O–H groups in total. The van der Waals surface area contributed by atoms with E-state index in [-0.39, 0.29) is 0 Å². The van der Waals surface area contributed by atoms with Gasteiger partial charge in [0.05, 0.1) is 5.39 Å². The fraction of sp³-hybridized carbons (Fsp3) is 0.238. The lowest BCUT2D eigenvalue weighted by molar-refractivity contribution is 0.867. The first-order valence-electron chi connectivity index (χ1n) is 9.01. The van der Waals surface area contributed by atoms with Crippen LogP contribution in [0.3, 0.4) is 0 Å². The summed E-state index contributed by atoms with van der Waals surface area (Å²) in [5.74, 6) is 1.69. The fourth-order valence-electron chi connectivity index (χ4n) is 3.25. The summed E-state index contributed by atoms with van der Waals surface area (Å²) in [5.41, 5.74) is 10.0. The number of hydrogen-bond acceptors (Lipinski definition) is 4. The number of benzene rings is 2. The summed E-state index contributed by atoms with van der Waals surface area (Å²) < 4.78 is 0. The Bertz CT molecular complexity index is 1040. The molecule has 0 spiro atoms. The smallest absolute Gasteiger partial charge is 0.144 e. The molecule has 26 heavy (non-hydrogen) atoms. The van der Waals surface area contributed by atoms with Crippen LogP contribution in [-0.4, -0.2) is 28.0 Å². The van der Waals surface area contributed by atoms with Gasteiger partial charge < -0.3 is 16.0 Å². The summed E-state index contributed by atoms with van der Waals surface area (Å²) in [6.07, 6.45) is 1.61. The maximum absolute atomic E-state index is 5.65. The predicted molar refractivity (Wildman–Crippen MR) is 108 cm³/mol. The summed E-state index contributed by atoms with van der Waals surface area (Å²) >= 11 is 0. The Morgan fingerprint density at radius 2 is 1.92 bits per heavy atom. The molecule has 2 aromatic carbocycles. The fourth-order valence-corrected chi connectivity index (χ4v) is 3.25. The van der Waals surface area contributed by atoms with E-state index in [4.69, 9.17) is 15.7 Å². The second-order valence-electron chi connectivity index (χ2n) is 6.62. The van der Waals surface area contributed by atoms with E-state index in [1.54, 1.807) is 0 Å². The minimum absolute atomic E-state index is 0.658. The number of aromatic amines is 1. The molecule has 0 unspecified atom stereocenters. The lowest BCUT2D eigenvalue weighted by atomic mass is 10.1. The molecule has 0 saturated heterocycles. The number of fused-ring (bicyclic) bond motifs is 3. The zero-order chi connectivity index (χ0) is 17.9. The topological polar surface area (TPSA) is 79.6 Å². The van der Waals surface area contributed by atoms with Crippen molar-refractivity contribution in [3.63, 3.8) is 0 Å². The SMILES string of the molecule is Cc1ccc2c(c1)[nH]c1nc(Cc3ccccc3)nc(NCCCN)c12. The van der Waals surface area contributed by atoms with Crippen LogP contribution in [0.15, 0.2) is 48.5 Å². The number of anilines is 1. The molecule has 0 aliphatic carbocycles. The van der Waals surface area contributed by atoms with Gasteiger partial charge >= 0.3 is 0 Å². The molecule has 4 aromatic rings. The Hall–Kier alpha value is -2.92. The van der Waals surface area contributed by atoms with E-state index in [2.05, 4.69) is 47.6 Å². The van der Waals surface area contributed by atoms with Crippen LogP contribution in [0.5, 0.6) is 0 Å². The van der Waals surface area contributed by atoms with Crippen molar-refractivity contribution < 1.29 is 0 Å². The van der Waals surface area contributed by atoms with E-state index in [0.717, 1.165) is 46.5 Å². The molecule has 5 nitrogen and oxygen atoms in total. The van der Waals surface area contributed by atoms with Crippen molar-refractivity contribution in [1.82, 2.24) is 15.0 Å². The van der Waals surface area contributed by atoms with Crippen LogP contribution in [0, 0.1) is 6.92 Å². The maximum Gasteiger partial charge on any atom is 0.144 e. The molecule has 0 aliphatic rings. The van der Waals surface area contributed by atoms with Gasteiger partial charge in [-0.1, -0.05) is 42.5 Å². The van der Waals surface area contributed by atoms with Crippen LogP contribution in [0.1, 0.15) is 23.4 Å². The zero-order valence-electron chi connectivity index (χ0n) is 14.9. The van der Waals surface area contributed by atoms with Crippen molar-refractivity contribution in [3.05, 3.63) is 65.5 Å². The highest BCUT2D eigenvalue weighted by Crippen LogP contribution is 2.30. The first-order valence-corrected chi connectivity index (χ1v) is 9.01. The van der Waals surface area contributed by atoms with Crippen LogP contribution in [-0.2, 0) is 6.42 Å². The highest BCUT2D eigenvalue weighted by molar-refractivity contribution is 6.11. The van der Waals surface area contributed by atoms with E-state index >= 15 is 0 Å². The molecule has 0 atom stereocenters. The Morgan fingerprint density at radius 1 is 1.08 bits per heavy atom. The van der Waals surface area contributed by atoms with E-state index in [9.17, 15) is 0 Å². The minimum Gasteiger partial charge on any atom is -0.369 e. The van der Waals surface area contributed by atoms with Gasteiger partial charge in [0.1, 0.15) is 17.3 Å². The van der Waals surface area contributed by atoms with Crippen molar-refractivity contribution in [3.8, 4) is 0 Å². The summed E-state index contributed by atoms with van der Waals surface area (Å²) in [5, 5.41) is 5.65. The number of rotatable bonds is 6. The minimum atomic E-state index is 0.658. The van der Waals surface area contributed by atoms with Gasteiger partial charge in [-0.25, -0.2) is 9.97 Å². The van der Waals surface area contributed by atoms with Gasteiger partial charge in [-0.2, -0.15) is 0 Å². The normalized spacial score (nSPS) is 11.3. The molecule has 0 bridgehead atoms. The van der Waals surface area contributed by atoms with Crippen molar-refractivity contribution >= 4 is 27.8 Å². The zero-order valence-corrected chi connectivity index (χ0v) is 14.9. The Balaban J connectivity index is 1.82. The van der Waals surface area contributed by atoms with Crippen LogP contribution in [0.2, 0.25) is 0 Å². The third kappa shape index (κ3) is 3.26. The van der Waals surface area contributed by atoms with E-state index in [1.807, 2.05) is 18.2 Å². The number of nitrogens with one attached hydrogen (secondary N) is 2. The van der Waals surface area contributed by atoms with Crippen LogP contribution in [0.4, 0.5) is 5.82 Å². The number of aryl methyl sites for hydroxylation is 1. The molecule has 0 fully saturated rings. The Kier molecular flexibility index (Phi) is 4.54. The average Bonchev–Trinajstić information content (AvgIpc) is 3.00. The number of aromatic nitrogens is 3. The maximum atomic E-state index is 5.65. The van der Waals surface area contributed by atoms with Gasteiger partial charge in [-0.3, -0.25) is 0 Å². The lowest BCUT2D eigenvalue weighted by Crippen LogP contribution is -2.11. The summed E-state index contributed by atoms with van der Waals surface area (Å²) in [7, 11) is 0. The van der Waals surface area contributed by atoms with E-state index < -0.39 is 0 Å². The standard InChI is InChI=1S/C21H23N5/c1-14-8-9-16-17(12-14)24-21-19(16)20(23-11-5-10-22)25-18(26-21)13-15-6-3-2-4-7-15/h2-4,6-9,12H,5,10-11,13,22H2,1H3,(H2,23,24,25,26). The van der Waals surface area contributed by atoms with Gasteiger partial charge in [0.15, 0.2) is 0 Å². The summed E-state index contributed by atoms with van der Waals surface area (Å²) in [4.78, 5) is 13.1. The highest BCUT2D eigenvalue weighted by Gasteiger charge is 2.14. The summed E-state index contributed by atoms with van der Waals surface area (Å²) in [6.45, 7) is 3.55. The number of nitrogens with zero attached hydrogens (tertiary/aromatic N) is 2. The van der Waals surface area contributed by atoms with Crippen molar-refractivity contribution in [2.24, 2.45) is 5.73 Å². The molecule has 132 valence electrons. The Morgan fingerprint density at radius 3 is 2.73 bits per heavy atom. The van der Waals surface area contributed by atoms with Crippen molar-refractivity contribution in [2.75, 3.05) is 18.4 Å². The molecular weight excluding hydrogens is 322 g/mol. The molecule has 0 amide bonds. The quantitative estimate of drug-likeness (QED) is 0.465. The molecule has 0 saturated carbocycles. The van der Waals surface area contributed by atoms with E-state index in [0.29, 0.717) is 13.0 Å². The molecule has 0 radical (unpaired) electrons. The van der Waals surface area contributed by atoms with Crippen LogP contribution < -0.4 is 11.1 Å². The van der Waals surface area contributed by atoms with Crippen LogP contribution >= 0.6 is 0 Å². The van der Waals surface area contributed by atoms with E-state index in [1.165, 1.54) is 11.1 Å². The molecule has 5 heteroatoms. The number of H-pyrrole nitrogens is 1. The second-order valence-corrected chi connectivity index (χ2v) is 6.62. The molecule has 4 rings (SSSR count).